The minimum atomic E-state index is -0.269. The molecule has 0 bridgehead atoms. The van der Waals surface area contributed by atoms with Crippen molar-refractivity contribution in [1.82, 2.24) is 4.90 Å². The first kappa shape index (κ1) is 20.5. The largest absolute Gasteiger partial charge is 0.369 e. The van der Waals surface area contributed by atoms with E-state index in [0.717, 1.165) is 48.7 Å². The smallest absolute Gasteiger partial charge is 0.198 e. The van der Waals surface area contributed by atoms with E-state index in [9.17, 15) is 9.18 Å². The fourth-order valence-corrected chi connectivity index (χ4v) is 4.42. The second-order valence-corrected chi connectivity index (χ2v) is 8.39. The lowest BCUT2D eigenvalue weighted by Gasteiger charge is -2.36. The zero-order valence-corrected chi connectivity index (χ0v) is 17.7. The van der Waals surface area contributed by atoms with Crippen molar-refractivity contribution in [2.75, 3.05) is 37.6 Å². The Morgan fingerprint density at radius 3 is 2.33 bits per heavy atom. The highest BCUT2D eigenvalue weighted by molar-refractivity contribution is 7.12. The van der Waals surface area contributed by atoms with E-state index in [-0.39, 0.29) is 11.6 Å². The number of para-hydroxylation sites is 1. The maximum atomic E-state index is 13.3. The first-order chi connectivity index (χ1) is 14.7. The van der Waals surface area contributed by atoms with Crippen LogP contribution in [0.2, 0.25) is 0 Å². The van der Waals surface area contributed by atoms with Gasteiger partial charge in [-0.05, 0) is 53.8 Å². The summed E-state index contributed by atoms with van der Waals surface area (Å²) < 4.78 is 13.3. The summed E-state index contributed by atoms with van der Waals surface area (Å²) in [6, 6.07) is 20.6. The van der Waals surface area contributed by atoms with E-state index < -0.39 is 0 Å². The Labute approximate surface area is 181 Å². The summed E-state index contributed by atoms with van der Waals surface area (Å²) in [4.78, 5) is 18.6. The quantitative estimate of drug-likeness (QED) is 0.379. The molecule has 0 atom stereocenters. The standard InChI is InChI=1S/C25H25FN2OS/c26-22-10-8-20(9-11-22)19-21(25(29)24-7-4-18-30-24)12-13-27-14-16-28(17-15-27)23-5-2-1-3-6-23/h1-11,18-19H,12-17H2/b21-19-. The molecule has 1 aliphatic heterocycles. The molecule has 154 valence electrons. The van der Waals surface area contributed by atoms with Gasteiger partial charge in [-0.2, -0.15) is 0 Å². The van der Waals surface area contributed by atoms with Gasteiger partial charge >= 0.3 is 0 Å². The lowest BCUT2D eigenvalue weighted by molar-refractivity contribution is 0.103. The number of halogens is 1. The molecular weight excluding hydrogens is 395 g/mol. The maximum absolute atomic E-state index is 13.3. The van der Waals surface area contributed by atoms with Crippen LogP contribution in [0.25, 0.3) is 6.08 Å². The average Bonchev–Trinajstić information content (AvgIpc) is 3.33. The summed E-state index contributed by atoms with van der Waals surface area (Å²) in [6.45, 7) is 4.77. The molecule has 0 N–H and O–H groups in total. The van der Waals surface area contributed by atoms with E-state index in [1.165, 1.54) is 29.2 Å². The molecule has 2 heterocycles. The maximum Gasteiger partial charge on any atom is 0.198 e. The summed E-state index contributed by atoms with van der Waals surface area (Å²) in [6.07, 6.45) is 2.58. The van der Waals surface area contributed by atoms with Gasteiger partial charge in [0.05, 0.1) is 4.88 Å². The molecule has 0 spiro atoms. The number of Topliss-reactive ketones (excluding diaryl/α,β-unsaturated/α-hetero) is 1. The monoisotopic (exact) mass is 420 g/mol. The number of anilines is 1. The summed E-state index contributed by atoms with van der Waals surface area (Å²) in [5.74, 6) is -0.202. The number of nitrogens with zero attached hydrogens (tertiary/aromatic N) is 2. The third kappa shape index (κ3) is 5.23. The Morgan fingerprint density at radius 2 is 1.67 bits per heavy atom. The number of benzene rings is 2. The molecule has 5 heteroatoms. The first-order valence-corrected chi connectivity index (χ1v) is 11.1. The molecule has 1 saturated heterocycles. The molecule has 0 unspecified atom stereocenters. The normalized spacial score (nSPS) is 15.4. The minimum Gasteiger partial charge on any atom is -0.369 e. The highest BCUT2D eigenvalue weighted by Gasteiger charge is 2.19. The van der Waals surface area contributed by atoms with Crippen LogP contribution in [0.3, 0.4) is 0 Å². The van der Waals surface area contributed by atoms with Gasteiger partial charge in [0.2, 0.25) is 0 Å². The molecule has 1 fully saturated rings. The number of hydrogen-bond donors (Lipinski definition) is 0. The number of piperazine rings is 1. The molecule has 1 aliphatic rings. The van der Waals surface area contributed by atoms with Gasteiger partial charge in [-0.25, -0.2) is 4.39 Å². The molecule has 0 radical (unpaired) electrons. The predicted octanol–water partition coefficient (Wildman–Crippen LogP) is 5.37. The van der Waals surface area contributed by atoms with Crippen molar-refractivity contribution >= 4 is 28.9 Å². The Kier molecular flexibility index (Phi) is 6.72. The molecule has 4 rings (SSSR count). The van der Waals surface area contributed by atoms with E-state index in [1.807, 2.05) is 29.7 Å². The van der Waals surface area contributed by atoms with Gasteiger partial charge < -0.3 is 4.90 Å². The van der Waals surface area contributed by atoms with Crippen molar-refractivity contribution in [2.45, 2.75) is 6.42 Å². The molecule has 0 amide bonds. The van der Waals surface area contributed by atoms with E-state index in [4.69, 9.17) is 0 Å². The van der Waals surface area contributed by atoms with Gasteiger partial charge in [-0.15, -0.1) is 11.3 Å². The van der Waals surface area contributed by atoms with Crippen LogP contribution >= 0.6 is 11.3 Å². The van der Waals surface area contributed by atoms with E-state index >= 15 is 0 Å². The van der Waals surface area contributed by atoms with Crippen LogP contribution in [0.1, 0.15) is 21.7 Å². The van der Waals surface area contributed by atoms with Crippen LogP contribution < -0.4 is 4.90 Å². The lowest BCUT2D eigenvalue weighted by Crippen LogP contribution is -2.46. The van der Waals surface area contributed by atoms with E-state index in [1.54, 1.807) is 12.1 Å². The predicted molar refractivity (Wildman–Crippen MR) is 123 cm³/mol. The highest BCUT2D eigenvalue weighted by Crippen LogP contribution is 2.21. The fourth-order valence-electron chi connectivity index (χ4n) is 3.72. The third-order valence-electron chi connectivity index (χ3n) is 5.44. The van der Waals surface area contributed by atoms with Crippen LogP contribution in [0.5, 0.6) is 0 Å². The Morgan fingerprint density at radius 1 is 0.933 bits per heavy atom. The number of ketones is 1. The SMILES string of the molecule is O=C(/C(=C\c1ccc(F)cc1)CCN1CCN(c2ccccc2)CC1)c1cccs1. The Hall–Kier alpha value is -2.76. The fraction of sp³-hybridized carbons (Fsp3) is 0.240. The highest BCUT2D eigenvalue weighted by atomic mass is 32.1. The molecule has 0 aliphatic carbocycles. The number of thiophene rings is 1. The third-order valence-corrected chi connectivity index (χ3v) is 6.31. The molecule has 30 heavy (non-hydrogen) atoms. The van der Waals surface area contributed by atoms with Gasteiger partial charge in [-0.1, -0.05) is 36.4 Å². The molecule has 0 saturated carbocycles. The first-order valence-electron chi connectivity index (χ1n) is 10.3. The van der Waals surface area contributed by atoms with Gasteiger partial charge in [0.25, 0.3) is 0 Å². The number of carbonyl (C=O) groups is 1. The van der Waals surface area contributed by atoms with Crippen molar-refractivity contribution in [1.29, 1.82) is 0 Å². The van der Waals surface area contributed by atoms with Gasteiger partial charge in [-0.3, -0.25) is 9.69 Å². The summed E-state index contributed by atoms with van der Waals surface area (Å²) in [5, 5.41) is 1.92. The van der Waals surface area contributed by atoms with Crippen molar-refractivity contribution in [3.05, 3.63) is 93.9 Å². The van der Waals surface area contributed by atoms with Gasteiger partial charge in [0, 0.05) is 44.0 Å². The summed E-state index contributed by atoms with van der Waals surface area (Å²) in [5.41, 5.74) is 2.89. The number of hydrogen-bond acceptors (Lipinski definition) is 4. The topological polar surface area (TPSA) is 23.6 Å². The molecule has 2 aromatic carbocycles. The summed E-state index contributed by atoms with van der Waals surface area (Å²) in [7, 11) is 0. The molecule has 3 nitrogen and oxygen atoms in total. The van der Waals surface area contributed by atoms with Crippen molar-refractivity contribution in [3.8, 4) is 0 Å². The zero-order valence-electron chi connectivity index (χ0n) is 16.8. The van der Waals surface area contributed by atoms with Gasteiger partial charge in [0.1, 0.15) is 5.82 Å². The second-order valence-electron chi connectivity index (χ2n) is 7.44. The molecule has 3 aromatic rings. The van der Waals surface area contributed by atoms with Gasteiger partial charge in [0.15, 0.2) is 5.78 Å². The lowest BCUT2D eigenvalue weighted by atomic mass is 10.0. The number of carbonyl (C=O) groups excluding carboxylic acids is 1. The van der Waals surface area contributed by atoms with E-state index in [2.05, 4.69) is 34.1 Å². The second kappa shape index (κ2) is 9.83. The van der Waals surface area contributed by atoms with Crippen LogP contribution in [-0.2, 0) is 0 Å². The average molecular weight is 421 g/mol. The van der Waals surface area contributed by atoms with Crippen LogP contribution in [0.4, 0.5) is 10.1 Å². The van der Waals surface area contributed by atoms with E-state index in [0.29, 0.717) is 6.42 Å². The summed E-state index contributed by atoms with van der Waals surface area (Å²) >= 11 is 1.46. The van der Waals surface area contributed by atoms with Crippen molar-refractivity contribution in [3.63, 3.8) is 0 Å². The van der Waals surface area contributed by atoms with Crippen LogP contribution in [0, 0.1) is 5.82 Å². The van der Waals surface area contributed by atoms with Crippen molar-refractivity contribution < 1.29 is 9.18 Å². The Bertz CT molecular complexity index is 976. The minimum absolute atomic E-state index is 0.0669. The van der Waals surface area contributed by atoms with Crippen molar-refractivity contribution in [2.24, 2.45) is 0 Å². The molecular formula is C25H25FN2OS. The number of rotatable bonds is 7. The van der Waals surface area contributed by atoms with Crippen LogP contribution in [-0.4, -0.2) is 43.4 Å². The molecule has 1 aromatic heterocycles. The van der Waals surface area contributed by atoms with Crippen LogP contribution in [0.15, 0.2) is 77.7 Å². The Balaban J connectivity index is 1.41. The zero-order chi connectivity index (χ0) is 20.8.